The molecule has 0 bridgehead atoms. The van der Waals surface area contributed by atoms with Crippen molar-refractivity contribution in [2.75, 3.05) is 11.5 Å². The maximum Gasteiger partial charge on any atom is 0.153 e. The summed E-state index contributed by atoms with van der Waals surface area (Å²) in [5.41, 5.74) is 11.6. The summed E-state index contributed by atoms with van der Waals surface area (Å²) >= 11 is 18.9. The van der Waals surface area contributed by atoms with Crippen molar-refractivity contribution >= 4 is 57.8 Å². The molecule has 2 heterocycles. The zero-order valence-electron chi connectivity index (χ0n) is 7.67. The summed E-state index contributed by atoms with van der Waals surface area (Å²) in [4.78, 5) is 8.53. The molecule has 84 valence electrons. The van der Waals surface area contributed by atoms with Crippen molar-refractivity contribution in [1.29, 1.82) is 0 Å². The van der Waals surface area contributed by atoms with Gasteiger partial charge < -0.3 is 11.5 Å². The molecule has 0 radical (unpaired) electrons. The van der Waals surface area contributed by atoms with E-state index in [-0.39, 0.29) is 11.6 Å². The van der Waals surface area contributed by atoms with E-state index in [4.69, 9.17) is 46.3 Å². The van der Waals surface area contributed by atoms with Crippen molar-refractivity contribution in [2.24, 2.45) is 0 Å². The van der Waals surface area contributed by atoms with Crippen molar-refractivity contribution in [1.82, 2.24) is 9.97 Å². The molecule has 0 amide bonds. The van der Waals surface area contributed by atoms with Crippen LogP contribution < -0.4 is 11.5 Å². The number of halogens is 3. The lowest BCUT2D eigenvalue weighted by molar-refractivity contribution is 1.23. The van der Waals surface area contributed by atoms with Gasteiger partial charge in [-0.05, 0) is 0 Å². The topological polar surface area (TPSA) is 77.8 Å². The highest BCUT2D eigenvalue weighted by molar-refractivity contribution is 7.20. The van der Waals surface area contributed by atoms with E-state index in [1.165, 1.54) is 17.5 Å². The SMILES string of the molecule is Nc1cnc(-c2sc(Cl)c(Cl)c2Cl)c(N)n1. The maximum atomic E-state index is 6.00. The first-order chi connectivity index (χ1) is 7.50. The molecule has 8 heteroatoms. The lowest BCUT2D eigenvalue weighted by Gasteiger charge is -2.02. The molecular formula is C8H5Cl3N4S. The van der Waals surface area contributed by atoms with Gasteiger partial charge in [0.2, 0.25) is 0 Å². The largest absolute Gasteiger partial charge is 0.382 e. The number of hydrogen-bond donors (Lipinski definition) is 2. The molecule has 4 N–H and O–H groups in total. The van der Waals surface area contributed by atoms with Crippen LogP contribution >= 0.6 is 46.1 Å². The van der Waals surface area contributed by atoms with Crippen LogP contribution in [0.25, 0.3) is 10.6 Å². The van der Waals surface area contributed by atoms with Gasteiger partial charge in [-0.3, -0.25) is 0 Å². The summed E-state index contributed by atoms with van der Waals surface area (Å²) in [5, 5.41) is 0.615. The van der Waals surface area contributed by atoms with E-state index in [0.29, 0.717) is 25.0 Å². The predicted molar refractivity (Wildman–Crippen MR) is 69.2 cm³/mol. The first-order valence-electron chi connectivity index (χ1n) is 4.02. The van der Waals surface area contributed by atoms with E-state index in [0.717, 1.165) is 0 Å². The van der Waals surface area contributed by atoms with Crippen molar-refractivity contribution in [3.63, 3.8) is 0 Å². The summed E-state index contributed by atoms with van der Waals surface area (Å²) in [6.07, 6.45) is 1.39. The molecular weight excluding hydrogens is 291 g/mol. The Hall–Kier alpha value is -0.750. The summed E-state index contributed by atoms with van der Waals surface area (Å²) in [7, 11) is 0. The van der Waals surface area contributed by atoms with Crippen molar-refractivity contribution < 1.29 is 0 Å². The Bertz CT molecular complexity index is 554. The van der Waals surface area contributed by atoms with Gasteiger partial charge in [-0.15, -0.1) is 11.3 Å². The monoisotopic (exact) mass is 294 g/mol. The Kier molecular flexibility index (Phi) is 3.12. The van der Waals surface area contributed by atoms with Crippen LogP contribution in [0.3, 0.4) is 0 Å². The Morgan fingerprint density at radius 2 is 1.81 bits per heavy atom. The van der Waals surface area contributed by atoms with Gasteiger partial charge in [-0.1, -0.05) is 34.8 Å². The quantitative estimate of drug-likeness (QED) is 0.846. The Balaban J connectivity index is 2.63. The summed E-state index contributed by atoms with van der Waals surface area (Å²) < 4.78 is 0.389. The van der Waals surface area contributed by atoms with Crippen LogP contribution in [0.5, 0.6) is 0 Å². The number of nitrogen functional groups attached to an aromatic ring is 2. The predicted octanol–water partition coefficient (Wildman–Crippen LogP) is 3.33. The summed E-state index contributed by atoms with van der Waals surface area (Å²) in [5.74, 6) is 0.433. The minimum absolute atomic E-state index is 0.191. The van der Waals surface area contributed by atoms with Gasteiger partial charge >= 0.3 is 0 Å². The molecule has 4 nitrogen and oxygen atoms in total. The second kappa shape index (κ2) is 4.25. The van der Waals surface area contributed by atoms with Gasteiger partial charge in [-0.2, -0.15) is 0 Å². The number of nitrogens with zero attached hydrogens (tertiary/aromatic N) is 2. The van der Waals surface area contributed by atoms with Crippen LogP contribution in [0.4, 0.5) is 11.6 Å². The lowest BCUT2D eigenvalue weighted by Crippen LogP contribution is -2.00. The van der Waals surface area contributed by atoms with E-state index >= 15 is 0 Å². The highest BCUT2D eigenvalue weighted by atomic mass is 35.5. The number of hydrogen-bond acceptors (Lipinski definition) is 5. The average Bonchev–Trinajstić information content (AvgIpc) is 2.46. The molecule has 0 spiro atoms. The molecule has 2 aromatic rings. The number of aromatic nitrogens is 2. The molecule has 0 aliphatic heterocycles. The molecule has 0 atom stereocenters. The molecule has 0 aliphatic carbocycles. The number of nitrogens with two attached hydrogens (primary N) is 2. The third kappa shape index (κ3) is 1.91. The zero-order chi connectivity index (χ0) is 11.9. The molecule has 0 aromatic carbocycles. The Morgan fingerprint density at radius 1 is 1.12 bits per heavy atom. The molecule has 0 saturated heterocycles. The minimum Gasteiger partial charge on any atom is -0.382 e. The van der Waals surface area contributed by atoms with E-state index in [1.54, 1.807) is 0 Å². The first-order valence-corrected chi connectivity index (χ1v) is 5.97. The van der Waals surface area contributed by atoms with Crippen LogP contribution in [0.2, 0.25) is 14.4 Å². The Morgan fingerprint density at radius 3 is 2.31 bits per heavy atom. The van der Waals surface area contributed by atoms with E-state index in [9.17, 15) is 0 Å². The second-order valence-corrected chi connectivity index (χ2v) is 5.24. The average molecular weight is 296 g/mol. The third-order valence-corrected chi connectivity index (χ3v) is 4.37. The second-order valence-electron chi connectivity index (χ2n) is 2.86. The van der Waals surface area contributed by atoms with E-state index in [2.05, 4.69) is 9.97 Å². The molecule has 2 aromatic heterocycles. The first kappa shape index (κ1) is 11.7. The zero-order valence-corrected chi connectivity index (χ0v) is 10.8. The van der Waals surface area contributed by atoms with Crippen LogP contribution in [-0.4, -0.2) is 9.97 Å². The standard InChI is InChI=1S/C8H5Cl3N4S/c9-3-4(10)7(11)16-6(3)5-8(13)15-2(12)1-14-5/h1H,(H4,12,13,15). The van der Waals surface area contributed by atoms with E-state index < -0.39 is 0 Å². The van der Waals surface area contributed by atoms with Gasteiger partial charge in [0, 0.05) is 0 Å². The Labute approximate surface area is 110 Å². The normalized spacial score (nSPS) is 10.7. The smallest absolute Gasteiger partial charge is 0.153 e. The number of anilines is 2. The summed E-state index contributed by atoms with van der Waals surface area (Å²) in [6.45, 7) is 0. The minimum atomic E-state index is 0.191. The maximum absolute atomic E-state index is 6.00. The molecule has 2 rings (SSSR count). The van der Waals surface area contributed by atoms with Crippen molar-refractivity contribution in [3.8, 4) is 10.6 Å². The molecule has 0 unspecified atom stereocenters. The van der Waals surface area contributed by atoms with Crippen LogP contribution in [0.15, 0.2) is 6.20 Å². The lowest BCUT2D eigenvalue weighted by atomic mass is 10.3. The highest BCUT2D eigenvalue weighted by Gasteiger charge is 2.18. The molecule has 0 aliphatic rings. The molecule has 0 saturated carbocycles. The van der Waals surface area contributed by atoms with E-state index in [1.807, 2.05) is 0 Å². The summed E-state index contributed by atoms with van der Waals surface area (Å²) in [6, 6.07) is 0. The van der Waals surface area contributed by atoms with Gasteiger partial charge in [0.15, 0.2) is 5.82 Å². The van der Waals surface area contributed by atoms with Gasteiger partial charge in [0.05, 0.1) is 21.1 Å². The fourth-order valence-corrected chi connectivity index (χ4v) is 2.92. The fraction of sp³-hybridized carbons (Fsp3) is 0. The van der Waals surface area contributed by atoms with Gasteiger partial charge in [-0.25, -0.2) is 9.97 Å². The van der Waals surface area contributed by atoms with Gasteiger partial charge in [0.1, 0.15) is 15.8 Å². The van der Waals surface area contributed by atoms with Gasteiger partial charge in [0.25, 0.3) is 0 Å². The highest BCUT2D eigenvalue weighted by Crippen LogP contribution is 2.46. The number of thiophene rings is 1. The van der Waals surface area contributed by atoms with Crippen LogP contribution in [0.1, 0.15) is 0 Å². The van der Waals surface area contributed by atoms with Crippen molar-refractivity contribution in [2.45, 2.75) is 0 Å². The molecule has 16 heavy (non-hydrogen) atoms. The van der Waals surface area contributed by atoms with Crippen molar-refractivity contribution in [3.05, 3.63) is 20.6 Å². The van der Waals surface area contributed by atoms with Crippen LogP contribution in [-0.2, 0) is 0 Å². The van der Waals surface area contributed by atoms with Crippen LogP contribution in [0, 0.1) is 0 Å². The molecule has 0 fully saturated rings. The number of rotatable bonds is 1. The third-order valence-electron chi connectivity index (χ3n) is 1.79. The fourth-order valence-electron chi connectivity index (χ4n) is 1.11.